The van der Waals surface area contributed by atoms with Crippen molar-refractivity contribution in [1.29, 1.82) is 0 Å². The SMILES string of the molecule is CC(C)(C)c1ccnc(-c2[c-]cccc2)c1.[Ir].[c-]1cccc2c1c1nc3ccccc3n1c1cc3c(cc21)oc1cc2c(ccc4ccccc42)cc13. The molecule has 11 aromatic rings. The number of pyridine rings is 2. The van der Waals surface area contributed by atoms with Crippen LogP contribution in [0.2, 0.25) is 0 Å². The zero-order chi connectivity index (χ0) is 35.0. The first-order chi connectivity index (χ1) is 25.4. The smallest absolute Gasteiger partial charge is 0.136 e. The van der Waals surface area contributed by atoms with Crippen molar-refractivity contribution in [3.05, 3.63) is 163 Å². The van der Waals surface area contributed by atoms with Crippen LogP contribution in [0.15, 0.2) is 150 Å². The maximum absolute atomic E-state index is 6.51. The second-order valence-electron chi connectivity index (χ2n) is 14.5. The Kier molecular flexibility index (Phi) is 7.88. The fourth-order valence-electron chi connectivity index (χ4n) is 7.59. The summed E-state index contributed by atoms with van der Waals surface area (Å²) in [4.78, 5) is 9.39. The van der Waals surface area contributed by atoms with Gasteiger partial charge in [-0.3, -0.25) is 4.98 Å². The number of hydrogen-bond donors (Lipinski definition) is 0. The van der Waals surface area contributed by atoms with Crippen LogP contribution in [0.5, 0.6) is 0 Å². The molecule has 0 fully saturated rings. The van der Waals surface area contributed by atoms with Crippen LogP contribution < -0.4 is 0 Å². The van der Waals surface area contributed by atoms with Gasteiger partial charge in [-0.25, -0.2) is 0 Å². The van der Waals surface area contributed by atoms with E-state index in [2.05, 4.69) is 139 Å². The van der Waals surface area contributed by atoms with Gasteiger partial charge in [-0.2, -0.15) is 0 Å². The number of nitrogens with zero attached hydrogens (tertiary/aromatic N) is 3. The molecule has 4 nitrogen and oxygen atoms in total. The van der Waals surface area contributed by atoms with E-state index in [9.17, 15) is 0 Å². The minimum atomic E-state index is 0. The van der Waals surface area contributed by atoms with E-state index in [1.807, 2.05) is 48.7 Å². The Labute approximate surface area is 320 Å². The first-order valence-electron chi connectivity index (χ1n) is 17.7. The molecule has 0 N–H and O–H groups in total. The summed E-state index contributed by atoms with van der Waals surface area (Å²) in [6, 6.07) is 55.2. The number of hydrogen-bond acceptors (Lipinski definition) is 3. The fraction of sp³-hybridized carbons (Fsp3) is 0.0833. The Hall–Kier alpha value is -5.87. The van der Waals surface area contributed by atoms with E-state index in [0.29, 0.717) is 0 Å². The van der Waals surface area contributed by atoms with Crippen LogP contribution >= 0.6 is 0 Å². The quantitative estimate of drug-likeness (QED) is 0.122. The first-order valence-corrected chi connectivity index (χ1v) is 17.7. The summed E-state index contributed by atoms with van der Waals surface area (Å²) in [6.07, 6.45) is 1.87. The van der Waals surface area contributed by atoms with Crippen molar-refractivity contribution in [3.63, 3.8) is 0 Å². The zero-order valence-corrected chi connectivity index (χ0v) is 31.8. The van der Waals surface area contributed by atoms with Gasteiger partial charge in [-0.05, 0) is 86.1 Å². The summed E-state index contributed by atoms with van der Waals surface area (Å²) in [5.74, 6) is 0. The van der Waals surface area contributed by atoms with Gasteiger partial charge >= 0.3 is 0 Å². The molecule has 0 unspecified atom stereocenters. The molecule has 0 aliphatic heterocycles. The summed E-state index contributed by atoms with van der Waals surface area (Å²) >= 11 is 0. The second kappa shape index (κ2) is 12.7. The average Bonchev–Trinajstić information content (AvgIpc) is 3.75. The Balaban J connectivity index is 0.000000186. The van der Waals surface area contributed by atoms with Crippen LogP contribution in [-0.2, 0) is 25.5 Å². The number of para-hydroxylation sites is 2. The number of aromatic nitrogens is 3. The molecule has 0 aliphatic carbocycles. The van der Waals surface area contributed by atoms with Crippen molar-refractivity contribution in [2.45, 2.75) is 26.2 Å². The van der Waals surface area contributed by atoms with Crippen LogP contribution in [-0.4, -0.2) is 14.4 Å². The van der Waals surface area contributed by atoms with Gasteiger partial charge in [0.15, 0.2) is 0 Å². The van der Waals surface area contributed by atoms with E-state index >= 15 is 0 Å². The molecule has 0 atom stereocenters. The maximum Gasteiger partial charge on any atom is 0.136 e. The van der Waals surface area contributed by atoms with Crippen molar-refractivity contribution in [3.8, 4) is 11.3 Å². The average molecular weight is 860 g/mol. The molecule has 0 bridgehead atoms. The molecule has 0 spiro atoms. The summed E-state index contributed by atoms with van der Waals surface area (Å²) in [5.41, 5.74) is 9.45. The number of furan rings is 1. The Morgan fingerprint density at radius 1 is 0.585 bits per heavy atom. The largest absolute Gasteiger partial charge is 0.456 e. The van der Waals surface area contributed by atoms with Crippen LogP contribution in [0.3, 0.4) is 0 Å². The molecule has 4 heterocycles. The van der Waals surface area contributed by atoms with Crippen molar-refractivity contribution >= 4 is 81.8 Å². The van der Waals surface area contributed by atoms with Gasteiger partial charge < -0.3 is 13.8 Å². The molecule has 4 aromatic heterocycles. The van der Waals surface area contributed by atoms with E-state index in [0.717, 1.165) is 71.6 Å². The predicted molar refractivity (Wildman–Crippen MR) is 216 cm³/mol. The standard InChI is InChI=1S/C33H17N2O.C15H16N.Ir/c1-2-8-21-19(7-1)13-14-20-15-26-27-16-30-25(18-32(27)36-31(26)17-24(20)21)22-9-3-4-10-23(22)33-34-28-11-5-6-12-29(28)35(30)33;1-15(2,3)13-9-10-16-14(11-13)12-7-5-4-6-8-12;/h1-9,11-18H;4-7,9-11H,1-3H3;/q2*-1;. The van der Waals surface area contributed by atoms with Crippen molar-refractivity contribution in [2.75, 3.05) is 0 Å². The molecular weight excluding hydrogens is 827 g/mol. The minimum absolute atomic E-state index is 0. The maximum atomic E-state index is 6.51. The van der Waals surface area contributed by atoms with E-state index in [1.54, 1.807) is 0 Å². The third kappa shape index (κ3) is 5.47. The molecule has 0 amide bonds. The van der Waals surface area contributed by atoms with Crippen molar-refractivity contribution < 1.29 is 24.5 Å². The van der Waals surface area contributed by atoms with Gasteiger partial charge in [0.05, 0.1) is 16.7 Å². The predicted octanol–water partition coefficient (Wildman–Crippen LogP) is 12.6. The molecule has 1 radical (unpaired) electrons. The number of rotatable bonds is 1. The van der Waals surface area contributed by atoms with Gasteiger partial charge in [0, 0.05) is 42.6 Å². The molecule has 7 aromatic carbocycles. The molecule has 11 rings (SSSR count). The van der Waals surface area contributed by atoms with Gasteiger partial charge in [-0.15, -0.1) is 65.5 Å². The number of benzene rings is 7. The molecule has 5 heteroatoms. The Morgan fingerprint density at radius 2 is 1.32 bits per heavy atom. The van der Waals surface area contributed by atoms with E-state index in [-0.39, 0.29) is 25.5 Å². The Morgan fingerprint density at radius 3 is 2.17 bits per heavy atom. The van der Waals surface area contributed by atoms with Crippen LogP contribution in [0, 0.1) is 12.1 Å². The van der Waals surface area contributed by atoms with Crippen LogP contribution in [0.25, 0.3) is 93.1 Å². The van der Waals surface area contributed by atoms with Crippen LogP contribution in [0.1, 0.15) is 26.3 Å². The molecular formula is C48H33IrN3O-2. The summed E-state index contributed by atoms with van der Waals surface area (Å²) in [5, 5.41) is 10.5. The van der Waals surface area contributed by atoms with Crippen LogP contribution in [0.4, 0.5) is 0 Å². The van der Waals surface area contributed by atoms with E-state index in [1.165, 1.54) is 27.1 Å². The zero-order valence-electron chi connectivity index (χ0n) is 29.4. The third-order valence-electron chi connectivity index (χ3n) is 10.2. The Bertz CT molecular complexity index is 3170. The topological polar surface area (TPSA) is 43.3 Å². The summed E-state index contributed by atoms with van der Waals surface area (Å²) in [7, 11) is 0. The van der Waals surface area contributed by atoms with Gasteiger partial charge in [0.25, 0.3) is 0 Å². The van der Waals surface area contributed by atoms with Gasteiger partial charge in [0.2, 0.25) is 0 Å². The number of fused-ring (bicyclic) bond motifs is 14. The van der Waals surface area contributed by atoms with E-state index < -0.39 is 0 Å². The minimum Gasteiger partial charge on any atom is -0.456 e. The van der Waals surface area contributed by atoms with Crippen molar-refractivity contribution in [2.24, 2.45) is 0 Å². The second-order valence-corrected chi connectivity index (χ2v) is 14.5. The molecule has 53 heavy (non-hydrogen) atoms. The van der Waals surface area contributed by atoms with Gasteiger partial charge in [0.1, 0.15) is 11.2 Å². The normalized spacial score (nSPS) is 11.9. The monoisotopic (exact) mass is 860 g/mol. The summed E-state index contributed by atoms with van der Waals surface area (Å²) < 4.78 is 8.79. The molecule has 0 saturated carbocycles. The summed E-state index contributed by atoms with van der Waals surface area (Å²) in [6.45, 7) is 6.63. The third-order valence-corrected chi connectivity index (χ3v) is 10.2. The van der Waals surface area contributed by atoms with Crippen molar-refractivity contribution in [1.82, 2.24) is 14.4 Å². The molecule has 257 valence electrons. The fourth-order valence-corrected chi connectivity index (χ4v) is 7.59. The molecule has 0 saturated heterocycles. The number of imidazole rings is 1. The van der Waals surface area contributed by atoms with E-state index in [4.69, 9.17) is 9.40 Å². The first kappa shape index (κ1) is 33.0. The molecule has 0 aliphatic rings. The van der Waals surface area contributed by atoms with Gasteiger partial charge in [-0.1, -0.05) is 80.8 Å².